The van der Waals surface area contributed by atoms with Crippen LogP contribution in [0, 0.1) is 22.7 Å². The van der Waals surface area contributed by atoms with Gasteiger partial charge in [-0.2, -0.15) is 15.6 Å². The zero-order valence-corrected chi connectivity index (χ0v) is 11.3. The maximum atomic E-state index is 8.65. The second-order valence-electron chi connectivity index (χ2n) is 4.33. The fourth-order valence-electron chi connectivity index (χ4n) is 1.91. The molecule has 0 saturated carbocycles. The van der Waals surface area contributed by atoms with Crippen LogP contribution in [-0.2, 0) is 0 Å². The highest BCUT2D eigenvalue weighted by Gasteiger charge is 2.05. The van der Waals surface area contributed by atoms with Crippen molar-refractivity contribution in [1.82, 2.24) is 14.4 Å². The van der Waals surface area contributed by atoms with Crippen molar-refractivity contribution in [2.75, 3.05) is 5.43 Å². The van der Waals surface area contributed by atoms with Crippen molar-refractivity contribution in [3.05, 3.63) is 48.9 Å². The van der Waals surface area contributed by atoms with E-state index in [0.29, 0.717) is 11.5 Å². The number of imidazole rings is 1. The maximum absolute atomic E-state index is 8.65. The molecule has 0 aliphatic heterocycles. The molecule has 0 fully saturated rings. The van der Waals surface area contributed by atoms with E-state index in [1.54, 1.807) is 24.4 Å². The summed E-state index contributed by atoms with van der Waals surface area (Å²) in [6.45, 7) is 0. The van der Waals surface area contributed by atoms with E-state index in [-0.39, 0.29) is 5.71 Å². The predicted molar refractivity (Wildman–Crippen MR) is 80.7 cm³/mol. The number of hydrazone groups is 1. The van der Waals surface area contributed by atoms with Gasteiger partial charge in [0.2, 0.25) is 11.5 Å². The zero-order chi connectivity index (χ0) is 15.4. The summed E-state index contributed by atoms with van der Waals surface area (Å²) in [6, 6.07) is 12.6. The second-order valence-corrected chi connectivity index (χ2v) is 4.33. The highest BCUT2D eigenvalue weighted by Crippen LogP contribution is 2.21. The van der Waals surface area contributed by atoms with E-state index in [9.17, 15) is 0 Å². The molecule has 0 unspecified atom stereocenters. The Morgan fingerprint density at radius 3 is 2.86 bits per heavy atom. The molecule has 3 aromatic rings. The van der Waals surface area contributed by atoms with Crippen LogP contribution in [0.4, 0.5) is 5.69 Å². The minimum atomic E-state index is -0.234. The number of benzene rings is 1. The number of hydrogen-bond donors (Lipinski definition) is 1. The molecule has 2 aromatic heterocycles. The van der Waals surface area contributed by atoms with Crippen molar-refractivity contribution in [3.63, 3.8) is 0 Å². The predicted octanol–water partition coefficient (Wildman–Crippen LogP) is 2.21. The minimum Gasteiger partial charge on any atom is -0.291 e. The van der Waals surface area contributed by atoms with E-state index in [2.05, 4.69) is 20.5 Å². The van der Waals surface area contributed by atoms with Gasteiger partial charge in [0.05, 0.1) is 11.4 Å². The Labute approximate surface area is 125 Å². The molecule has 0 aliphatic rings. The van der Waals surface area contributed by atoms with Crippen molar-refractivity contribution >= 4 is 17.2 Å². The Morgan fingerprint density at radius 1 is 1.23 bits per heavy atom. The quantitative estimate of drug-likeness (QED) is 0.587. The van der Waals surface area contributed by atoms with E-state index in [1.165, 1.54) is 0 Å². The number of fused-ring (bicyclic) bond motifs is 1. The Morgan fingerprint density at radius 2 is 2.09 bits per heavy atom. The van der Waals surface area contributed by atoms with Crippen molar-refractivity contribution in [3.8, 4) is 23.4 Å². The highest BCUT2D eigenvalue weighted by molar-refractivity contribution is 6.10. The van der Waals surface area contributed by atoms with Gasteiger partial charge < -0.3 is 0 Å². The zero-order valence-electron chi connectivity index (χ0n) is 11.3. The highest BCUT2D eigenvalue weighted by atomic mass is 15.3. The molecule has 0 aliphatic carbocycles. The monoisotopic (exact) mass is 287 g/mol. The number of nitriles is 2. The smallest absolute Gasteiger partial charge is 0.237 e. The fraction of sp³-hybridized carbons (Fsp3) is 0. The number of hydrogen-bond acceptors (Lipinski definition) is 6. The van der Waals surface area contributed by atoms with E-state index >= 15 is 0 Å². The molecule has 7 nitrogen and oxygen atoms in total. The van der Waals surface area contributed by atoms with Crippen molar-refractivity contribution < 1.29 is 0 Å². The molecule has 104 valence electrons. The summed E-state index contributed by atoms with van der Waals surface area (Å²) >= 11 is 0. The van der Waals surface area contributed by atoms with Crippen LogP contribution in [0.3, 0.4) is 0 Å². The number of aromatic nitrogens is 3. The van der Waals surface area contributed by atoms with E-state index in [1.807, 2.05) is 41.1 Å². The van der Waals surface area contributed by atoms with Gasteiger partial charge in [-0.1, -0.05) is 12.1 Å². The van der Waals surface area contributed by atoms with Gasteiger partial charge in [0, 0.05) is 24.2 Å². The third kappa shape index (κ3) is 2.60. The molecule has 3 rings (SSSR count). The Kier molecular flexibility index (Phi) is 3.46. The number of rotatable bonds is 3. The largest absolute Gasteiger partial charge is 0.291 e. The van der Waals surface area contributed by atoms with Crippen LogP contribution in [0.15, 0.2) is 54.0 Å². The first-order chi connectivity index (χ1) is 10.8. The summed E-state index contributed by atoms with van der Waals surface area (Å²) in [4.78, 5) is 8.61. The van der Waals surface area contributed by atoms with Gasteiger partial charge in [0.1, 0.15) is 12.1 Å². The molecule has 0 amide bonds. The summed E-state index contributed by atoms with van der Waals surface area (Å²) in [5, 5.41) is 21.0. The Balaban J connectivity index is 1.93. The molecule has 1 N–H and O–H groups in total. The second kappa shape index (κ2) is 5.73. The fourth-order valence-corrected chi connectivity index (χ4v) is 1.91. The molecular formula is C15H9N7. The molecule has 0 saturated heterocycles. The number of nitrogens with one attached hydrogen (secondary N) is 1. The lowest BCUT2D eigenvalue weighted by Crippen LogP contribution is -1.96. The lowest BCUT2D eigenvalue weighted by atomic mass is 10.1. The third-order valence-electron chi connectivity index (χ3n) is 2.90. The summed E-state index contributed by atoms with van der Waals surface area (Å²) in [7, 11) is 0. The molecule has 1 aromatic carbocycles. The molecule has 2 heterocycles. The van der Waals surface area contributed by atoms with Crippen LogP contribution >= 0.6 is 0 Å². The molecule has 0 radical (unpaired) electrons. The summed E-state index contributed by atoms with van der Waals surface area (Å²) in [5.74, 6) is 0.616. The van der Waals surface area contributed by atoms with Crippen molar-refractivity contribution in [2.24, 2.45) is 5.10 Å². The summed E-state index contributed by atoms with van der Waals surface area (Å²) in [5.41, 5.74) is 4.75. The Bertz CT molecular complexity index is 891. The third-order valence-corrected chi connectivity index (χ3v) is 2.90. The van der Waals surface area contributed by atoms with Gasteiger partial charge in [-0.15, -0.1) is 0 Å². The SMILES string of the molecule is N#CC(C#N)=NNc1cccc(-c2cn3cccnc3n2)c1. The van der Waals surface area contributed by atoms with E-state index < -0.39 is 0 Å². The van der Waals surface area contributed by atoms with Gasteiger partial charge in [-0.25, -0.2) is 9.97 Å². The molecule has 22 heavy (non-hydrogen) atoms. The van der Waals surface area contributed by atoms with Crippen LogP contribution < -0.4 is 5.43 Å². The first-order valence-corrected chi connectivity index (χ1v) is 6.34. The normalized spacial score (nSPS) is 9.73. The summed E-state index contributed by atoms with van der Waals surface area (Å²) < 4.78 is 1.83. The van der Waals surface area contributed by atoms with Crippen LogP contribution in [0.25, 0.3) is 17.0 Å². The summed E-state index contributed by atoms with van der Waals surface area (Å²) in [6.07, 6.45) is 5.43. The van der Waals surface area contributed by atoms with Crippen LogP contribution in [0.5, 0.6) is 0 Å². The first-order valence-electron chi connectivity index (χ1n) is 6.34. The maximum Gasteiger partial charge on any atom is 0.237 e. The average molecular weight is 287 g/mol. The van der Waals surface area contributed by atoms with Gasteiger partial charge in [-0.3, -0.25) is 9.83 Å². The number of nitrogens with zero attached hydrogens (tertiary/aromatic N) is 6. The van der Waals surface area contributed by atoms with Gasteiger partial charge in [-0.05, 0) is 18.2 Å². The minimum absolute atomic E-state index is 0.234. The van der Waals surface area contributed by atoms with Crippen molar-refractivity contribution in [1.29, 1.82) is 10.5 Å². The van der Waals surface area contributed by atoms with Crippen LogP contribution in [0.1, 0.15) is 0 Å². The van der Waals surface area contributed by atoms with Crippen LogP contribution in [-0.4, -0.2) is 20.1 Å². The standard InChI is InChI=1S/C15H9N7/c16-8-13(9-17)21-20-12-4-1-3-11(7-12)14-10-22-6-2-5-18-15(22)19-14/h1-7,10,20H. The first kappa shape index (κ1) is 13.3. The number of anilines is 1. The molecule has 0 atom stereocenters. The van der Waals surface area contributed by atoms with E-state index in [0.717, 1.165) is 11.3 Å². The van der Waals surface area contributed by atoms with Crippen LogP contribution in [0.2, 0.25) is 0 Å². The van der Waals surface area contributed by atoms with Gasteiger partial charge >= 0.3 is 0 Å². The molecule has 0 bridgehead atoms. The lowest BCUT2D eigenvalue weighted by molar-refractivity contribution is 1.11. The van der Waals surface area contributed by atoms with Crippen molar-refractivity contribution in [2.45, 2.75) is 0 Å². The molecule has 7 heteroatoms. The van der Waals surface area contributed by atoms with E-state index in [4.69, 9.17) is 10.5 Å². The topological polar surface area (TPSA) is 102 Å². The Hall–Kier alpha value is -3.71. The average Bonchev–Trinajstić information content (AvgIpc) is 3.00. The molecule has 0 spiro atoms. The van der Waals surface area contributed by atoms with Gasteiger partial charge in [0.25, 0.3) is 0 Å². The lowest BCUT2D eigenvalue weighted by Gasteiger charge is -2.02. The van der Waals surface area contributed by atoms with Gasteiger partial charge in [0.15, 0.2) is 0 Å². The molecular weight excluding hydrogens is 278 g/mol.